The molecule has 1 aliphatic rings. The second kappa shape index (κ2) is 9.45. The molecule has 1 aromatic rings. The van der Waals surface area contributed by atoms with Crippen LogP contribution >= 0.6 is 35.6 Å². The molecule has 0 heterocycles. The molecule has 1 fully saturated rings. The van der Waals surface area contributed by atoms with Crippen LogP contribution in [0.2, 0.25) is 5.02 Å². The van der Waals surface area contributed by atoms with Crippen LogP contribution in [0.5, 0.6) is 5.75 Å². The summed E-state index contributed by atoms with van der Waals surface area (Å²) in [6.07, 6.45) is 5.17. The molecule has 1 saturated carbocycles. The number of nitrogens with zero attached hydrogens (tertiary/aromatic N) is 1. The maximum atomic E-state index is 6.08. The first kappa shape index (κ1) is 19.4. The molecule has 2 unspecified atom stereocenters. The molecule has 0 bridgehead atoms. The van der Waals surface area contributed by atoms with Crippen molar-refractivity contribution in [2.24, 2.45) is 22.6 Å². The number of hydrogen-bond donors (Lipinski definition) is 2. The van der Waals surface area contributed by atoms with Gasteiger partial charge >= 0.3 is 0 Å². The topological polar surface area (TPSA) is 59.6 Å². The van der Waals surface area contributed by atoms with Crippen molar-refractivity contribution >= 4 is 47.2 Å². The number of methoxy groups -OCH3 is 1. The van der Waals surface area contributed by atoms with E-state index in [0.29, 0.717) is 22.6 Å². The number of guanidine groups is 1. The van der Waals surface area contributed by atoms with Crippen LogP contribution in [-0.2, 0) is 0 Å². The molecule has 2 atom stereocenters. The second-order valence-electron chi connectivity index (χ2n) is 5.84. The van der Waals surface area contributed by atoms with Gasteiger partial charge in [-0.05, 0) is 42.9 Å². The summed E-state index contributed by atoms with van der Waals surface area (Å²) in [4.78, 5) is 4.46. The molecule has 0 aliphatic heterocycles. The van der Waals surface area contributed by atoms with Crippen molar-refractivity contribution in [3.05, 3.63) is 23.2 Å². The highest BCUT2D eigenvalue weighted by Crippen LogP contribution is 2.29. The quantitative estimate of drug-likeness (QED) is 0.414. The fraction of sp³-hybridized carbons (Fsp3) is 0.562. The van der Waals surface area contributed by atoms with Crippen LogP contribution < -0.4 is 15.8 Å². The van der Waals surface area contributed by atoms with Gasteiger partial charge in [0.05, 0.1) is 12.1 Å². The largest absolute Gasteiger partial charge is 0.495 e. The van der Waals surface area contributed by atoms with Gasteiger partial charge in [-0.3, -0.25) is 4.99 Å². The summed E-state index contributed by atoms with van der Waals surface area (Å²) < 4.78 is 5.12. The predicted molar refractivity (Wildman–Crippen MR) is 105 cm³/mol. The Balaban J connectivity index is 0.00000242. The van der Waals surface area contributed by atoms with Crippen molar-refractivity contribution in [3.63, 3.8) is 0 Å². The number of halogens is 2. The molecule has 0 spiro atoms. The lowest BCUT2D eigenvalue weighted by Gasteiger charge is -2.25. The minimum atomic E-state index is 0. The number of rotatable bonds is 4. The van der Waals surface area contributed by atoms with Crippen LogP contribution in [0, 0.1) is 11.8 Å². The van der Waals surface area contributed by atoms with Crippen molar-refractivity contribution in [2.45, 2.75) is 32.6 Å². The summed E-state index contributed by atoms with van der Waals surface area (Å²) in [5.41, 5.74) is 6.76. The zero-order chi connectivity index (χ0) is 15.2. The van der Waals surface area contributed by atoms with Gasteiger partial charge in [-0.25, -0.2) is 0 Å². The van der Waals surface area contributed by atoms with Crippen molar-refractivity contribution < 1.29 is 4.74 Å². The molecule has 22 heavy (non-hydrogen) atoms. The van der Waals surface area contributed by atoms with Crippen molar-refractivity contribution in [1.82, 2.24) is 0 Å². The van der Waals surface area contributed by atoms with Crippen LogP contribution in [0.25, 0.3) is 0 Å². The van der Waals surface area contributed by atoms with Crippen LogP contribution in [0.3, 0.4) is 0 Å². The summed E-state index contributed by atoms with van der Waals surface area (Å²) in [6, 6.07) is 5.46. The van der Waals surface area contributed by atoms with E-state index in [1.807, 2.05) is 6.07 Å². The van der Waals surface area contributed by atoms with Gasteiger partial charge in [0.15, 0.2) is 5.96 Å². The third kappa shape index (κ3) is 5.83. The van der Waals surface area contributed by atoms with E-state index in [2.05, 4.69) is 17.2 Å². The van der Waals surface area contributed by atoms with E-state index in [4.69, 9.17) is 22.1 Å². The molecule has 0 aromatic heterocycles. The van der Waals surface area contributed by atoms with Crippen molar-refractivity contribution in [2.75, 3.05) is 19.0 Å². The zero-order valence-corrected chi connectivity index (χ0v) is 16.2. The lowest BCUT2D eigenvalue weighted by Crippen LogP contribution is -2.25. The van der Waals surface area contributed by atoms with Gasteiger partial charge in [-0.15, -0.1) is 24.0 Å². The van der Waals surface area contributed by atoms with Gasteiger partial charge in [0.1, 0.15) is 5.75 Å². The summed E-state index contributed by atoms with van der Waals surface area (Å²) in [6.45, 7) is 3.11. The number of hydrogen-bond acceptors (Lipinski definition) is 2. The Bertz CT molecular complexity index is 510. The fourth-order valence-electron chi connectivity index (χ4n) is 2.88. The van der Waals surface area contributed by atoms with Crippen LogP contribution in [0.4, 0.5) is 5.69 Å². The van der Waals surface area contributed by atoms with Crippen LogP contribution in [-0.4, -0.2) is 19.6 Å². The van der Waals surface area contributed by atoms with Crippen molar-refractivity contribution in [3.8, 4) is 5.75 Å². The molecule has 6 heteroatoms. The monoisotopic (exact) mass is 437 g/mol. The number of aliphatic imine (C=N–C) groups is 1. The normalized spacial score (nSPS) is 21.9. The van der Waals surface area contributed by atoms with Crippen LogP contribution in [0.15, 0.2) is 23.2 Å². The van der Waals surface area contributed by atoms with Crippen LogP contribution in [0.1, 0.15) is 32.6 Å². The van der Waals surface area contributed by atoms with E-state index >= 15 is 0 Å². The molecular formula is C16H25ClIN3O. The average Bonchev–Trinajstić information content (AvgIpc) is 2.45. The van der Waals surface area contributed by atoms with Crippen molar-refractivity contribution in [1.29, 1.82) is 0 Å². The highest BCUT2D eigenvalue weighted by molar-refractivity contribution is 14.0. The van der Waals surface area contributed by atoms with Gasteiger partial charge in [-0.1, -0.05) is 31.4 Å². The highest BCUT2D eigenvalue weighted by atomic mass is 127. The molecule has 1 aliphatic carbocycles. The lowest BCUT2D eigenvalue weighted by molar-refractivity contribution is 0.289. The number of benzene rings is 1. The predicted octanol–water partition coefficient (Wildman–Crippen LogP) is 4.52. The smallest absolute Gasteiger partial charge is 0.193 e. The zero-order valence-electron chi connectivity index (χ0n) is 13.1. The number of ether oxygens (including phenoxy) is 1. The van der Waals surface area contributed by atoms with Gasteiger partial charge in [0, 0.05) is 12.2 Å². The molecule has 3 N–H and O–H groups in total. The standard InChI is InChI=1S/C16H24ClN3O.HI/c1-11-4-3-5-12(8-11)10-19-16(18)20-13-6-7-15(21-2)14(17)9-13;/h6-7,9,11-12H,3-5,8,10H2,1-2H3,(H3,18,19,20);1H. The van der Waals surface area contributed by atoms with E-state index in [1.54, 1.807) is 19.2 Å². The summed E-state index contributed by atoms with van der Waals surface area (Å²) in [5.74, 6) is 2.56. The van der Waals surface area contributed by atoms with Gasteiger partial charge in [0.2, 0.25) is 0 Å². The van der Waals surface area contributed by atoms with Gasteiger partial charge in [0.25, 0.3) is 0 Å². The Morgan fingerprint density at radius 3 is 2.86 bits per heavy atom. The van der Waals surface area contributed by atoms with E-state index in [1.165, 1.54) is 25.7 Å². The second-order valence-corrected chi connectivity index (χ2v) is 6.25. The minimum absolute atomic E-state index is 0. The Morgan fingerprint density at radius 2 is 2.23 bits per heavy atom. The lowest BCUT2D eigenvalue weighted by atomic mass is 9.82. The first-order valence-electron chi connectivity index (χ1n) is 7.49. The number of anilines is 1. The molecule has 1 aromatic carbocycles. The minimum Gasteiger partial charge on any atom is -0.495 e. The number of nitrogens with one attached hydrogen (secondary N) is 1. The highest BCUT2D eigenvalue weighted by Gasteiger charge is 2.18. The molecule has 0 radical (unpaired) electrons. The third-order valence-corrected chi connectivity index (χ3v) is 4.28. The van der Waals surface area contributed by atoms with E-state index in [-0.39, 0.29) is 24.0 Å². The van der Waals surface area contributed by atoms with Gasteiger partial charge in [-0.2, -0.15) is 0 Å². The maximum Gasteiger partial charge on any atom is 0.193 e. The summed E-state index contributed by atoms with van der Waals surface area (Å²) >= 11 is 6.08. The fourth-order valence-corrected chi connectivity index (χ4v) is 3.14. The van der Waals surface area contributed by atoms with E-state index in [0.717, 1.165) is 18.2 Å². The van der Waals surface area contributed by atoms with E-state index in [9.17, 15) is 0 Å². The summed E-state index contributed by atoms with van der Waals surface area (Å²) in [5, 5.41) is 3.62. The average molecular weight is 438 g/mol. The molecule has 0 saturated heterocycles. The Labute approximate surface area is 154 Å². The Hall–Kier alpha value is -0.690. The first-order chi connectivity index (χ1) is 10.1. The summed E-state index contributed by atoms with van der Waals surface area (Å²) in [7, 11) is 1.59. The van der Waals surface area contributed by atoms with E-state index < -0.39 is 0 Å². The molecule has 124 valence electrons. The molecule has 0 amide bonds. The maximum absolute atomic E-state index is 6.08. The SMILES string of the molecule is COc1ccc(NC(N)=NCC2CCCC(C)C2)cc1Cl.I. The third-order valence-electron chi connectivity index (χ3n) is 3.99. The Kier molecular flexibility index (Phi) is 8.31. The molecule has 2 rings (SSSR count). The Morgan fingerprint density at radius 1 is 1.45 bits per heavy atom. The number of nitrogens with two attached hydrogens (primary N) is 1. The van der Waals surface area contributed by atoms with Gasteiger partial charge < -0.3 is 15.8 Å². The first-order valence-corrected chi connectivity index (χ1v) is 7.86. The molecule has 4 nitrogen and oxygen atoms in total. The molecular weight excluding hydrogens is 413 g/mol.